The van der Waals surface area contributed by atoms with E-state index in [0.717, 1.165) is 21.9 Å². The molecule has 2 aliphatic carbocycles. The first-order chi connectivity index (χ1) is 13.9. The highest BCUT2D eigenvalue weighted by atomic mass is 35.5. The summed E-state index contributed by atoms with van der Waals surface area (Å²) in [7, 11) is -0.357. The maximum atomic E-state index is 13.7. The number of hydrogen-bond acceptors (Lipinski definition) is 1. The Hall–Kier alpha value is -0.590. The molecule has 1 amide bonds. The number of benzene rings is 1. The van der Waals surface area contributed by atoms with E-state index in [1.165, 1.54) is 69.5 Å². The molecule has 3 rings (SSSR count). The van der Waals surface area contributed by atoms with Crippen molar-refractivity contribution in [3.63, 3.8) is 0 Å². The molecule has 2 saturated carbocycles. The number of rotatable bonds is 6. The lowest BCUT2D eigenvalue weighted by Crippen LogP contribution is -2.44. The summed E-state index contributed by atoms with van der Waals surface area (Å²) in [5, 5.41) is 2.10. The maximum absolute atomic E-state index is 13.7. The van der Waals surface area contributed by atoms with Crippen LogP contribution in [0.15, 0.2) is 18.2 Å². The lowest BCUT2D eigenvalue weighted by atomic mass is 9.99. The molecular formula is C25H39ClNOP. The van der Waals surface area contributed by atoms with Crippen molar-refractivity contribution in [1.82, 2.24) is 4.90 Å². The van der Waals surface area contributed by atoms with Crippen LogP contribution in [-0.2, 0) is 0 Å². The minimum atomic E-state index is -0.357. The van der Waals surface area contributed by atoms with Crippen LogP contribution in [-0.4, -0.2) is 34.2 Å². The summed E-state index contributed by atoms with van der Waals surface area (Å²) in [5.41, 5.74) is 2.45. The normalized spacial score (nSPS) is 19.3. The highest BCUT2D eigenvalue weighted by Gasteiger charge is 2.35. The number of amides is 1. The van der Waals surface area contributed by atoms with Crippen LogP contribution >= 0.6 is 19.5 Å². The Kier molecular flexibility index (Phi) is 8.46. The molecule has 0 heterocycles. The monoisotopic (exact) mass is 435 g/mol. The van der Waals surface area contributed by atoms with Gasteiger partial charge in [-0.1, -0.05) is 58.0 Å². The summed E-state index contributed by atoms with van der Waals surface area (Å²) in [5.74, 6) is 0.195. The van der Waals surface area contributed by atoms with Crippen molar-refractivity contribution in [2.45, 2.75) is 115 Å². The second kappa shape index (κ2) is 10.6. The van der Waals surface area contributed by atoms with Crippen LogP contribution in [0.2, 0.25) is 5.02 Å². The van der Waals surface area contributed by atoms with Crippen molar-refractivity contribution in [2.24, 2.45) is 0 Å². The number of carbonyl (C=O) groups excluding carboxylic acids is 1. The van der Waals surface area contributed by atoms with E-state index in [1.54, 1.807) is 0 Å². The second-order valence-corrected chi connectivity index (χ2v) is 12.7. The molecule has 2 fully saturated rings. The predicted octanol–water partition coefficient (Wildman–Crippen LogP) is 7.37. The van der Waals surface area contributed by atoms with Crippen LogP contribution in [0.4, 0.5) is 0 Å². The zero-order chi connectivity index (χ0) is 21.0. The molecule has 0 aliphatic heterocycles. The Morgan fingerprint density at radius 1 is 0.897 bits per heavy atom. The Balaban J connectivity index is 2.04. The summed E-state index contributed by atoms with van der Waals surface area (Å²) in [6.45, 7) is 8.49. The maximum Gasteiger partial charge on any atom is 0.254 e. The fourth-order valence-corrected chi connectivity index (χ4v) is 9.72. The molecule has 0 radical (unpaired) electrons. The third kappa shape index (κ3) is 5.56. The molecule has 0 spiro atoms. The van der Waals surface area contributed by atoms with Crippen molar-refractivity contribution in [2.75, 3.05) is 0 Å². The Morgan fingerprint density at radius 2 is 1.38 bits per heavy atom. The van der Waals surface area contributed by atoms with Gasteiger partial charge in [-0.15, -0.1) is 0 Å². The van der Waals surface area contributed by atoms with E-state index < -0.39 is 0 Å². The van der Waals surface area contributed by atoms with Gasteiger partial charge in [-0.3, -0.25) is 4.79 Å². The van der Waals surface area contributed by atoms with Crippen LogP contribution in [0.3, 0.4) is 0 Å². The van der Waals surface area contributed by atoms with Crippen LogP contribution in [0.1, 0.15) is 102 Å². The lowest BCUT2D eigenvalue weighted by molar-refractivity contribution is 0.0645. The van der Waals surface area contributed by atoms with Gasteiger partial charge < -0.3 is 4.90 Å². The summed E-state index contributed by atoms with van der Waals surface area (Å²) in [6.07, 6.45) is 13.5. The molecule has 1 aromatic rings. The van der Waals surface area contributed by atoms with Crippen molar-refractivity contribution in [3.05, 3.63) is 28.8 Å². The number of hydrogen-bond donors (Lipinski definition) is 0. The van der Waals surface area contributed by atoms with Gasteiger partial charge in [0.25, 0.3) is 5.91 Å². The zero-order valence-electron chi connectivity index (χ0n) is 18.8. The molecule has 1 aromatic carbocycles. The molecule has 4 heteroatoms. The lowest BCUT2D eigenvalue weighted by Gasteiger charge is -2.40. The summed E-state index contributed by atoms with van der Waals surface area (Å²) < 4.78 is 0. The standard InChI is InChI=1S/C25H39ClNOP/c1-18(2)27(19(3)4)25(28)23-16-15-20(26)17-24(23)29(21-11-7-5-8-12-21)22-13-9-6-10-14-22/h15-19,21-22H,5-14H2,1-4H3. The molecule has 29 heavy (non-hydrogen) atoms. The molecule has 0 aromatic heterocycles. The van der Waals surface area contributed by atoms with E-state index in [1.807, 2.05) is 17.0 Å². The number of nitrogens with zero attached hydrogens (tertiary/aromatic N) is 1. The van der Waals surface area contributed by atoms with Gasteiger partial charge in [0, 0.05) is 22.7 Å². The Morgan fingerprint density at radius 3 is 1.83 bits per heavy atom. The minimum absolute atomic E-state index is 0.195. The highest BCUT2D eigenvalue weighted by molar-refractivity contribution is 7.67. The van der Waals surface area contributed by atoms with Gasteiger partial charge in [0.1, 0.15) is 0 Å². The zero-order valence-corrected chi connectivity index (χ0v) is 20.4. The molecule has 0 N–H and O–H groups in total. The average molecular weight is 436 g/mol. The van der Waals surface area contributed by atoms with Gasteiger partial charge in [0.2, 0.25) is 0 Å². The molecule has 162 valence electrons. The van der Waals surface area contributed by atoms with Crippen molar-refractivity contribution < 1.29 is 4.79 Å². The third-order valence-electron chi connectivity index (χ3n) is 6.75. The first kappa shape index (κ1) is 23.1. The van der Waals surface area contributed by atoms with E-state index in [-0.39, 0.29) is 25.9 Å². The summed E-state index contributed by atoms with van der Waals surface area (Å²) >= 11 is 6.53. The van der Waals surface area contributed by atoms with Crippen LogP contribution in [0.5, 0.6) is 0 Å². The number of halogens is 1. The van der Waals surface area contributed by atoms with E-state index in [0.29, 0.717) is 0 Å². The fourth-order valence-electron chi connectivity index (χ4n) is 5.51. The number of carbonyl (C=O) groups is 1. The van der Waals surface area contributed by atoms with Gasteiger partial charge in [0.15, 0.2) is 0 Å². The summed E-state index contributed by atoms with van der Waals surface area (Å²) in [4.78, 5) is 15.8. The predicted molar refractivity (Wildman–Crippen MR) is 128 cm³/mol. The van der Waals surface area contributed by atoms with Crippen LogP contribution < -0.4 is 5.30 Å². The Bertz CT molecular complexity index is 651. The van der Waals surface area contributed by atoms with E-state index in [2.05, 4.69) is 33.8 Å². The average Bonchev–Trinajstić information content (AvgIpc) is 2.69. The first-order valence-corrected chi connectivity index (χ1v) is 13.7. The van der Waals surface area contributed by atoms with Crippen LogP contribution in [0, 0.1) is 0 Å². The van der Waals surface area contributed by atoms with E-state index in [4.69, 9.17) is 11.6 Å². The van der Waals surface area contributed by atoms with Gasteiger partial charge in [0.05, 0.1) is 0 Å². The van der Waals surface area contributed by atoms with Gasteiger partial charge in [-0.25, -0.2) is 0 Å². The highest BCUT2D eigenvalue weighted by Crippen LogP contribution is 2.55. The minimum Gasteiger partial charge on any atom is -0.334 e. The fraction of sp³-hybridized carbons (Fsp3) is 0.720. The van der Waals surface area contributed by atoms with Crippen molar-refractivity contribution in [1.29, 1.82) is 0 Å². The van der Waals surface area contributed by atoms with Gasteiger partial charge in [-0.05, 0) is 88.2 Å². The van der Waals surface area contributed by atoms with Crippen molar-refractivity contribution >= 4 is 30.7 Å². The molecule has 0 bridgehead atoms. The summed E-state index contributed by atoms with van der Waals surface area (Å²) in [6, 6.07) is 6.51. The van der Waals surface area contributed by atoms with Crippen molar-refractivity contribution in [3.8, 4) is 0 Å². The molecule has 2 nitrogen and oxygen atoms in total. The molecule has 0 saturated heterocycles. The molecule has 2 aliphatic rings. The van der Waals surface area contributed by atoms with Crippen LogP contribution in [0.25, 0.3) is 0 Å². The van der Waals surface area contributed by atoms with Gasteiger partial charge >= 0.3 is 0 Å². The molecule has 0 unspecified atom stereocenters. The third-order valence-corrected chi connectivity index (χ3v) is 10.5. The molecule has 0 atom stereocenters. The largest absolute Gasteiger partial charge is 0.334 e. The Labute approximate surface area is 184 Å². The topological polar surface area (TPSA) is 20.3 Å². The quantitative estimate of drug-likeness (QED) is 0.427. The first-order valence-electron chi connectivity index (χ1n) is 11.8. The smallest absolute Gasteiger partial charge is 0.254 e. The molecular weight excluding hydrogens is 397 g/mol. The van der Waals surface area contributed by atoms with E-state index >= 15 is 0 Å². The second-order valence-electron chi connectivity index (χ2n) is 9.55. The van der Waals surface area contributed by atoms with E-state index in [9.17, 15) is 4.79 Å². The van der Waals surface area contributed by atoms with Gasteiger partial charge in [-0.2, -0.15) is 0 Å². The SMILES string of the molecule is CC(C)N(C(=O)c1ccc(Cl)cc1P(C1CCCCC1)C1CCCCC1)C(C)C.